The van der Waals surface area contributed by atoms with Gasteiger partial charge in [0.1, 0.15) is 11.3 Å². The summed E-state index contributed by atoms with van der Waals surface area (Å²) in [6.07, 6.45) is 8.43. The number of hydrogen-bond donors (Lipinski definition) is 1. The summed E-state index contributed by atoms with van der Waals surface area (Å²) in [6, 6.07) is 20.7. The van der Waals surface area contributed by atoms with Crippen LogP contribution >= 0.6 is 23.4 Å². The van der Waals surface area contributed by atoms with E-state index in [0.29, 0.717) is 22.6 Å². The highest BCUT2D eigenvalue weighted by Crippen LogP contribution is 2.78. The summed E-state index contributed by atoms with van der Waals surface area (Å²) < 4.78 is 0. The Hall–Kier alpha value is -2.44. The van der Waals surface area contributed by atoms with Gasteiger partial charge in [-0.3, -0.25) is 14.5 Å². The molecule has 47 heavy (non-hydrogen) atoms. The van der Waals surface area contributed by atoms with Crippen LogP contribution in [-0.2, 0) is 10.3 Å². The fourth-order valence-electron chi connectivity index (χ4n) is 13.1. The van der Waals surface area contributed by atoms with E-state index in [9.17, 15) is 5.11 Å². The highest BCUT2D eigenvalue weighted by molar-refractivity contribution is 7.99. The zero-order chi connectivity index (χ0) is 32.1. The minimum atomic E-state index is -1.06. The molecule has 1 N–H and O–H groups in total. The van der Waals surface area contributed by atoms with E-state index in [-0.39, 0.29) is 35.2 Å². The number of carbonyl (C=O) groups is 2. The van der Waals surface area contributed by atoms with Crippen molar-refractivity contribution in [2.75, 3.05) is 11.6 Å². The maximum Gasteiger partial charge on any atom is 0.189 e. The van der Waals surface area contributed by atoms with Crippen LogP contribution in [-0.4, -0.2) is 45.3 Å². The number of aliphatic hydroxyl groups excluding tert-OH is 1. The van der Waals surface area contributed by atoms with Crippen molar-refractivity contribution in [1.29, 1.82) is 0 Å². The smallest absolute Gasteiger partial charge is 0.189 e. The van der Waals surface area contributed by atoms with Crippen LogP contribution in [0.4, 0.5) is 0 Å². The molecule has 242 valence electrons. The molecule has 2 aliphatic heterocycles. The first-order chi connectivity index (χ1) is 22.7. The van der Waals surface area contributed by atoms with Crippen molar-refractivity contribution in [2.24, 2.45) is 34.0 Å². The molecule has 5 aliphatic carbocycles. The normalized spacial score (nSPS) is 43.4. The minimum Gasteiger partial charge on any atom is -0.393 e. The molecule has 3 saturated carbocycles. The summed E-state index contributed by atoms with van der Waals surface area (Å²) in [5.41, 5.74) is 1.86. The molecular weight excluding hydrogens is 622 g/mol. The van der Waals surface area contributed by atoms with Crippen LogP contribution in [0.5, 0.6) is 0 Å². The van der Waals surface area contributed by atoms with Crippen LogP contribution in [0.15, 0.2) is 72.3 Å². The second-order valence-electron chi connectivity index (χ2n) is 16.4. The number of rotatable bonds is 1. The first kappa shape index (κ1) is 29.5. The van der Waals surface area contributed by atoms with Gasteiger partial charge in [-0.05, 0) is 96.1 Å². The molecule has 0 unspecified atom stereocenters. The fraction of sp³-hybridized carbons (Fsp3) is 0.512. The number of aliphatic hydroxyl groups is 1. The van der Waals surface area contributed by atoms with Crippen molar-refractivity contribution in [3.63, 3.8) is 0 Å². The SMILES string of the molecule is C[C@]12CC[C@H](O)CC1=CC[C@@H]1[C@@H]2CC[C@]2(C)C(=O)[C@]3(C[C@@H]12)[C@@H](c1ccccc1Cl)[C@@H]1CSCN1[C@@]31C(=O)c2cccc3cccc1c23. The second kappa shape index (κ2) is 9.62. The standard InChI is InChI=1S/C41H42ClNO3S/c1-38-17-15-25(44)19-24(38)13-14-26-29(38)16-18-39(2)31(26)20-40(37(39)46)35(27-9-3-4-12-32(27)42)33-21-47-22-43(33)41(40)30-11-6-8-23-7-5-10-28(34(23)30)36(41)45/h3-13,25-26,29,31,33,35,44H,14-22H2,1-2H3/t25-,26+,29-,31-,33-,35-,38-,39-,40-,41-/m0/s1. The van der Waals surface area contributed by atoms with Crippen LogP contribution in [0.1, 0.15) is 86.2 Å². The zero-order valence-electron chi connectivity index (χ0n) is 27.2. The first-order valence-corrected chi connectivity index (χ1v) is 19.3. The van der Waals surface area contributed by atoms with E-state index < -0.39 is 16.4 Å². The predicted octanol–water partition coefficient (Wildman–Crippen LogP) is 8.55. The molecule has 3 aromatic rings. The highest BCUT2D eigenvalue weighted by atomic mass is 35.5. The fourth-order valence-corrected chi connectivity index (χ4v) is 14.7. The molecule has 3 aromatic carbocycles. The molecule has 2 heterocycles. The number of thioether (sulfide) groups is 1. The van der Waals surface area contributed by atoms with Gasteiger partial charge in [-0.25, -0.2) is 0 Å². The van der Waals surface area contributed by atoms with Crippen LogP contribution in [0.3, 0.4) is 0 Å². The van der Waals surface area contributed by atoms with Gasteiger partial charge >= 0.3 is 0 Å². The molecule has 0 amide bonds. The van der Waals surface area contributed by atoms with Crippen molar-refractivity contribution in [2.45, 2.75) is 82.4 Å². The number of allylic oxidation sites excluding steroid dienone is 1. The minimum absolute atomic E-state index is 0.0344. The van der Waals surface area contributed by atoms with Gasteiger partial charge in [-0.1, -0.05) is 91.7 Å². The van der Waals surface area contributed by atoms with Gasteiger partial charge in [0.2, 0.25) is 0 Å². The molecule has 6 heteroatoms. The lowest BCUT2D eigenvalue weighted by Crippen LogP contribution is -2.58. The summed E-state index contributed by atoms with van der Waals surface area (Å²) in [6.45, 7) is 4.73. The van der Waals surface area contributed by atoms with Crippen molar-refractivity contribution in [3.8, 4) is 0 Å². The van der Waals surface area contributed by atoms with Crippen molar-refractivity contribution in [3.05, 3.63) is 94.0 Å². The lowest BCUT2D eigenvalue weighted by molar-refractivity contribution is -0.141. The van der Waals surface area contributed by atoms with Gasteiger partial charge in [0, 0.05) is 39.6 Å². The van der Waals surface area contributed by atoms with E-state index in [1.165, 1.54) is 5.57 Å². The molecule has 7 aliphatic rings. The maximum atomic E-state index is 16.2. The number of carbonyl (C=O) groups excluding carboxylic acids is 2. The Bertz CT molecular complexity index is 1940. The van der Waals surface area contributed by atoms with E-state index in [0.717, 1.165) is 84.0 Å². The number of nitrogens with zero attached hydrogens (tertiary/aromatic N) is 1. The number of fused-ring (bicyclic) bond motifs is 9. The molecular formula is C41H42ClNO3S. The first-order valence-electron chi connectivity index (χ1n) is 17.8. The number of halogens is 1. The maximum absolute atomic E-state index is 16.2. The Labute approximate surface area is 286 Å². The molecule has 4 nitrogen and oxygen atoms in total. The summed E-state index contributed by atoms with van der Waals surface area (Å²) >= 11 is 9.05. The highest BCUT2D eigenvalue weighted by Gasteiger charge is 2.82. The third-order valence-electron chi connectivity index (χ3n) is 15.0. The number of hydrogen-bond acceptors (Lipinski definition) is 5. The third kappa shape index (κ3) is 3.28. The Morgan fingerprint density at radius 2 is 1.72 bits per heavy atom. The van der Waals surface area contributed by atoms with Crippen LogP contribution in [0, 0.1) is 34.0 Å². The van der Waals surface area contributed by atoms with Gasteiger partial charge in [-0.15, -0.1) is 11.8 Å². The van der Waals surface area contributed by atoms with E-state index in [1.54, 1.807) is 0 Å². The van der Waals surface area contributed by atoms with E-state index in [4.69, 9.17) is 11.6 Å². The second-order valence-corrected chi connectivity index (χ2v) is 17.8. The van der Waals surface area contributed by atoms with E-state index >= 15 is 9.59 Å². The van der Waals surface area contributed by atoms with Crippen molar-refractivity contribution >= 4 is 45.7 Å². The Morgan fingerprint density at radius 3 is 2.55 bits per heavy atom. The van der Waals surface area contributed by atoms with E-state index in [2.05, 4.69) is 61.2 Å². The summed E-state index contributed by atoms with van der Waals surface area (Å²) in [7, 11) is 0. The number of Topliss-reactive ketones (excluding diaryl/α,β-unsaturated/α-hetero) is 2. The quantitative estimate of drug-likeness (QED) is 0.265. The van der Waals surface area contributed by atoms with Crippen molar-refractivity contribution < 1.29 is 14.7 Å². The Balaban J connectivity index is 1.24. The van der Waals surface area contributed by atoms with Gasteiger partial charge in [0.25, 0.3) is 0 Å². The molecule has 2 spiro atoms. The average molecular weight is 664 g/mol. The summed E-state index contributed by atoms with van der Waals surface area (Å²) in [5.74, 6) is 2.92. The topological polar surface area (TPSA) is 57.6 Å². The molecule has 10 atom stereocenters. The largest absolute Gasteiger partial charge is 0.393 e. The van der Waals surface area contributed by atoms with Crippen LogP contribution in [0.2, 0.25) is 5.02 Å². The average Bonchev–Trinajstić information content (AvgIpc) is 3.77. The molecule has 0 bridgehead atoms. The Kier molecular flexibility index (Phi) is 6.03. The molecule has 2 saturated heterocycles. The Morgan fingerprint density at radius 1 is 0.936 bits per heavy atom. The summed E-state index contributed by atoms with van der Waals surface area (Å²) in [5, 5.41) is 13.4. The van der Waals surface area contributed by atoms with Gasteiger partial charge in [-0.2, -0.15) is 0 Å². The van der Waals surface area contributed by atoms with Crippen LogP contribution in [0.25, 0.3) is 10.8 Å². The zero-order valence-corrected chi connectivity index (χ0v) is 28.7. The molecule has 5 fully saturated rings. The molecule has 10 rings (SSSR count). The van der Waals surface area contributed by atoms with Gasteiger partial charge < -0.3 is 5.11 Å². The lowest BCUT2D eigenvalue weighted by Gasteiger charge is -2.56. The third-order valence-corrected chi connectivity index (χ3v) is 16.3. The van der Waals surface area contributed by atoms with E-state index in [1.807, 2.05) is 36.0 Å². The van der Waals surface area contributed by atoms with Gasteiger partial charge in [0.15, 0.2) is 5.78 Å². The molecule has 0 aromatic heterocycles. The van der Waals surface area contributed by atoms with Crippen molar-refractivity contribution in [1.82, 2.24) is 4.90 Å². The van der Waals surface area contributed by atoms with Crippen LogP contribution < -0.4 is 0 Å². The van der Waals surface area contributed by atoms with Gasteiger partial charge in [0.05, 0.1) is 11.5 Å². The number of ketones is 2. The summed E-state index contributed by atoms with van der Waals surface area (Å²) in [4.78, 5) is 34.3. The lowest BCUT2D eigenvalue weighted by atomic mass is 9.48. The number of benzene rings is 3. The monoisotopic (exact) mass is 663 g/mol. The molecule has 0 radical (unpaired) electrons. The predicted molar refractivity (Wildman–Crippen MR) is 188 cm³/mol.